The summed E-state index contributed by atoms with van der Waals surface area (Å²) < 4.78 is 0. The number of hydrogen-bond acceptors (Lipinski definition) is 4. The molecule has 1 N–H and O–H groups in total. The number of amides is 2. The molecule has 0 unspecified atom stereocenters. The van der Waals surface area contributed by atoms with Gasteiger partial charge >= 0.3 is 0 Å². The fraction of sp³-hybridized carbons (Fsp3) is 0.455. The lowest BCUT2D eigenvalue weighted by Gasteiger charge is -2.29. The van der Waals surface area contributed by atoms with Crippen LogP contribution in [0.1, 0.15) is 56.0 Å². The van der Waals surface area contributed by atoms with Gasteiger partial charge in [0.05, 0.1) is 12.3 Å². The number of hydrogen-bond donors (Lipinski definition) is 1. The molecule has 3 rings (SSSR count). The predicted octanol–water partition coefficient (Wildman–Crippen LogP) is 3.34. The van der Waals surface area contributed by atoms with E-state index in [0.29, 0.717) is 31.0 Å². The molecule has 0 aliphatic carbocycles. The second-order valence-corrected chi connectivity index (χ2v) is 7.15. The van der Waals surface area contributed by atoms with Crippen LogP contribution in [-0.4, -0.2) is 41.5 Å². The minimum absolute atomic E-state index is 0.0661. The smallest absolute Gasteiger partial charge is 0.258 e. The summed E-state index contributed by atoms with van der Waals surface area (Å²) in [5, 5.41) is 2.79. The highest BCUT2D eigenvalue weighted by Crippen LogP contribution is 2.20. The summed E-state index contributed by atoms with van der Waals surface area (Å²) >= 11 is 0. The molecule has 28 heavy (non-hydrogen) atoms. The Morgan fingerprint density at radius 2 is 1.86 bits per heavy atom. The van der Waals surface area contributed by atoms with Gasteiger partial charge in [0.25, 0.3) is 5.91 Å². The van der Waals surface area contributed by atoms with Gasteiger partial charge < -0.3 is 4.90 Å². The minimum atomic E-state index is -0.209. The van der Waals surface area contributed by atoms with E-state index in [0.717, 1.165) is 30.5 Å². The molecule has 6 nitrogen and oxygen atoms in total. The Morgan fingerprint density at radius 3 is 2.50 bits per heavy atom. The molecule has 2 aliphatic heterocycles. The Balaban J connectivity index is 1.66. The number of nitrogens with one attached hydrogen (secondary N) is 1. The largest absolute Gasteiger partial charge is 0.318 e. The van der Waals surface area contributed by atoms with Crippen molar-refractivity contribution in [3.63, 3.8) is 0 Å². The molecule has 148 valence electrons. The van der Waals surface area contributed by atoms with Gasteiger partial charge in [-0.1, -0.05) is 32.9 Å². The van der Waals surface area contributed by atoms with Crippen molar-refractivity contribution in [2.75, 3.05) is 13.1 Å². The maximum atomic E-state index is 12.6. The first-order valence-electron chi connectivity index (χ1n) is 10.1. The van der Waals surface area contributed by atoms with Crippen LogP contribution in [0, 0.1) is 5.92 Å². The molecular weight excluding hydrogens is 352 g/mol. The van der Waals surface area contributed by atoms with E-state index in [1.165, 1.54) is 5.56 Å². The van der Waals surface area contributed by atoms with Crippen molar-refractivity contribution in [3.05, 3.63) is 47.2 Å². The predicted molar refractivity (Wildman–Crippen MR) is 112 cm³/mol. The number of fused-ring (bicyclic) bond motifs is 1. The number of guanidine groups is 1. The third-order valence-electron chi connectivity index (χ3n) is 5.38. The zero-order valence-corrected chi connectivity index (χ0v) is 16.9. The summed E-state index contributed by atoms with van der Waals surface area (Å²) in [6.45, 7) is 7.22. The molecular formula is C22H28N4O2. The number of carbonyl (C=O) groups is 2. The lowest BCUT2D eigenvalue weighted by Crippen LogP contribution is -2.39. The molecule has 1 aromatic rings. The number of rotatable bonds is 5. The highest BCUT2D eigenvalue weighted by atomic mass is 16.2. The summed E-state index contributed by atoms with van der Waals surface area (Å²) in [6.07, 6.45) is 5.20. The molecule has 0 bridgehead atoms. The average Bonchev–Trinajstić information content (AvgIpc) is 2.74. The van der Waals surface area contributed by atoms with Crippen molar-refractivity contribution in [1.82, 2.24) is 10.2 Å². The van der Waals surface area contributed by atoms with Crippen LogP contribution in [0.4, 0.5) is 0 Å². The standard InChI is InChI=1S/C22H28N4O2/c1-4-15-7-9-17(10-8-15)20(27)25-22-23-13-18-14-26(12-11-19(18)24-22)21(28)16(5-2)6-3/h7-10,14,16H,4-6,11-13H2,1-3H3,(H,23,25,27). The van der Waals surface area contributed by atoms with Crippen molar-refractivity contribution in [2.24, 2.45) is 15.9 Å². The summed E-state index contributed by atoms with van der Waals surface area (Å²) in [4.78, 5) is 35.7. The van der Waals surface area contributed by atoms with Crippen molar-refractivity contribution in [3.8, 4) is 0 Å². The summed E-state index contributed by atoms with van der Waals surface area (Å²) in [7, 11) is 0. The number of aryl methyl sites for hydroxylation is 1. The molecule has 0 saturated heterocycles. The zero-order chi connectivity index (χ0) is 20.1. The highest BCUT2D eigenvalue weighted by Gasteiger charge is 2.27. The maximum absolute atomic E-state index is 12.6. The number of nitrogens with zero attached hydrogens (tertiary/aromatic N) is 3. The monoisotopic (exact) mass is 380 g/mol. The number of benzene rings is 1. The average molecular weight is 380 g/mol. The van der Waals surface area contributed by atoms with Gasteiger partial charge in [-0.2, -0.15) is 0 Å². The second-order valence-electron chi connectivity index (χ2n) is 7.15. The van der Waals surface area contributed by atoms with E-state index in [2.05, 4.69) is 22.2 Å². The zero-order valence-electron chi connectivity index (χ0n) is 16.9. The Kier molecular flexibility index (Phi) is 6.39. The van der Waals surface area contributed by atoms with E-state index < -0.39 is 0 Å². The van der Waals surface area contributed by atoms with Gasteiger partial charge in [0, 0.05) is 36.2 Å². The van der Waals surface area contributed by atoms with Crippen molar-refractivity contribution in [1.29, 1.82) is 0 Å². The van der Waals surface area contributed by atoms with Gasteiger partial charge in [0.15, 0.2) is 0 Å². The fourth-order valence-corrected chi connectivity index (χ4v) is 3.48. The third-order valence-corrected chi connectivity index (χ3v) is 5.38. The van der Waals surface area contributed by atoms with Crippen LogP contribution in [0.3, 0.4) is 0 Å². The van der Waals surface area contributed by atoms with Crippen LogP contribution in [0.25, 0.3) is 0 Å². The molecule has 0 saturated carbocycles. The summed E-state index contributed by atoms with van der Waals surface area (Å²) in [5.41, 5.74) is 3.64. The van der Waals surface area contributed by atoms with E-state index in [9.17, 15) is 9.59 Å². The fourth-order valence-electron chi connectivity index (χ4n) is 3.48. The summed E-state index contributed by atoms with van der Waals surface area (Å²) in [5.74, 6) is 0.377. The molecule has 1 aromatic carbocycles. The van der Waals surface area contributed by atoms with Crippen LogP contribution in [-0.2, 0) is 11.2 Å². The lowest BCUT2D eigenvalue weighted by atomic mass is 9.99. The molecule has 6 heteroatoms. The minimum Gasteiger partial charge on any atom is -0.318 e. The van der Waals surface area contributed by atoms with Gasteiger partial charge in [-0.05, 0) is 37.0 Å². The van der Waals surface area contributed by atoms with Crippen LogP contribution in [0.15, 0.2) is 46.0 Å². The Labute approximate surface area is 166 Å². The quantitative estimate of drug-likeness (QED) is 0.851. The van der Waals surface area contributed by atoms with Gasteiger partial charge in [0.2, 0.25) is 11.9 Å². The molecule has 2 aliphatic rings. The molecule has 0 atom stereocenters. The van der Waals surface area contributed by atoms with Crippen LogP contribution in [0.5, 0.6) is 0 Å². The van der Waals surface area contributed by atoms with Gasteiger partial charge in [-0.25, -0.2) is 9.98 Å². The summed E-state index contributed by atoms with van der Waals surface area (Å²) in [6, 6.07) is 7.55. The van der Waals surface area contributed by atoms with Crippen molar-refractivity contribution >= 4 is 23.5 Å². The highest BCUT2D eigenvalue weighted by molar-refractivity contribution is 6.14. The Hall–Kier alpha value is -2.76. The van der Waals surface area contributed by atoms with Gasteiger partial charge in [0.1, 0.15) is 0 Å². The van der Waals surface area contributed by atoms with E-state index in [1.807, 2.05) is 44.3 Å². The molecule has 0 spiro atoms. The first-order chi connectivity index (χ1) is 13.5. The van der Waals surface area contributed by atoms with E-state index in [4.69, 9.17) is 0 Å². The first kappa shape index (κ1) is 20.0. The third kappa shape index (κ3) is 4.38. The van der Waals surface area contributed by atoms with Crippen LogP contribution >= 0.6 is 0 Å². The Morgan fingerprint density at radius 1 is 1.14 bits per heavy atom. The number of carbonyl (C=O) groups excluding carboxylic acids is 2. The van der Waals surface area contributed by atoms with E-state index >= 15 is 0 Å². The van der Waals surface area contributed by atoms with Crippen molar-refractivity contribution < 1.29 is 9.59 Å². The second kappa shape index (κ2) is 8.95. The van der Waals surface area contributed by atoms with Crippen LogP contribution < -0.4 is 5.32 Å². The van der Waals surface area contributed by atoms with Gasteiger partial charge in [-0.15, -0.1) is 0 Å². The van der Waals surface area contributed by atoms with E-state index in [1.54, 1.807) is 4.90 Å². The maximum Gasteiger partial charge on any atom is 0.258 e. The first-order valence-corrected chi connectivity index (χ1v) is 10.1. The molecule has 2 amide bonds. The normalized spacial score (nSPS) is 16.1. The Bertz CT molecular complexity index is 833. The molecule has 0 aromatic heterocycles. The SMILES string of the molecule is CCc1ccc(C(=O)NC2=NCC3=CN(C(=O)C(CC)CC)CCC3=N2)cc1. The molecule has 0 fully saturated rings. The molecule has 0 radical (unpaired) electrons. The van der Waals surface area contributed by atoms with Crippen molar-refractivity contribution in [2.45, 2.75) is 46.5 Å². The molecule has 2 heterocycles. The van der Waals surface area contributed by atoms with Gasteiger partial charge in [-0.3, -0.25) is 14.9 Å². The topological polar surface area (TPSA) is 74.1 Å². The number of aliphatic imine (C=N–C) groups is 2. The van der Waals surface area contributed by atoms with Crippen LogP contribution in [0.2, 0.25) is 0 Å². The van der Waals surface area contributed by atoms with E-state index in [-0.39, 0.29) is 17.7 Å². The lowest BCUT2D eigenvalue weighted by molar-refractivity contribution is -0.133.